The highest BCUT2D eigenvalue weighted by molar-refractivity contribution is 9.10. The van der Waals surface area contributed by atoms with Crippen LogP contribution in [0.5, 0.6) is 5.75 Å². The number of Topliss-reactive ketones (excluding diaryl/α,β-unsaturated/α-hetero) is 1. The zero-order valence-corrected chi connectivity index (χ0v) is 12.5. The van der Waals surface area contributed by atoms with Gasteiger partial charge in [0.15, 0.2) is 5.78 Å². The second-order valence-electron chi connectivity index (χ2n) is 5.17. The van der Waals surface area contributed by atoms with E-state index in [9.17, 15) is 4.79 Å². The fourth-order valence-electron chi connectivity index (χ4n) is 2.61. The Labute approximate surface area is 117 Å². The van der Waals surface area contributed by atoms with Gasteiger partial charge >= 0.3 is 0 Å². The summed E-state index contributed by atoms with van der Waals surface area (Å²) >= 11 is 3.40. The number of rotatable bonds is 3. The first-order chi connectivity index (χ1) is 8.61. The maximum Gasteiger partial charge on any atom is 0.169 e. The van der Waals surface area contributed by atoms with Gasteiger partial charge in [0, 0.05) is 10.4 Å². The summed E-state index contributed by atoms with van der Waals surface area (Å²) in [6.07, 6.45) is 4.35. The molecule has 1 fully saturated rings. The van der Waals surface area contributed by atoms with Gasteiger partial charge in [0.1, 0.15) is 5.75 Å². The van der Waals surface area contributed by atoms with Crippen LogP contribution in [0.1, 0.15) is 43.0 Å². The zero-order valence-electron chi connectivity index (χ0n) is 10.9. The average molecular weight is 311 g/mol. The van der Waals surface area contributed by atoms with Gasteiger partial charge in [-0.1, -0.05) is 35.7 Å². The number of carbonyl (C=O) groups is 1. The van der Waals surface area contributed by atoms with E-state index in [0.717, 1.165) is 41.6 Å². The van der Waals surface area contributed by atoms with Gasteiger partial charge in [-0.15, -0.1) is 0 Å². The van der Waals surface area contributed by atoms with Crippen molar-refractivity contribution in [1.29, 1.82) is 0 Å². The lowest BCUT2D eigenvalue weighted by atomic mass is 9.79. The molecule has 0 spiro atoms. The van der Waals surface area contributed by atoms with E-state index in [-0.39, 0.29) is 11.7 Å². The van der Waals surface area contributed by atoms with Gasteiger partial charge < -0.3 is 4.74 Å². The van der Waals surface area contributed by atoms with E-state index in [4.69, 9.17) is 4.74 Å². The monoisotopic (exact) mass is 310 g/mol. The number of carbonyl (C=O) groups excluding carboxylic acids is 1. The fraction of sp³-hybridized carbons (Fsp3) is 0.533. The second kappa shape index (κ2) is 5.87. The molecule has 0 bridgehead atoms. The molecule has 0 unspecified atom stereocenters. The number of methoxy groups -OCH3 is 1. The van der Waals surface area contributed by atoms with Crippen LogP contribution in [0, 0.1) is 11.8 Å². The summed E-state index contributed by atoms with van der Waals surface area (Å²) < 4.78 is 6.25. The maximum atomic E-state index is 12.5. The van der Waals surface area contributed by atoms with Gasteiger partial charge in [-0.2, -0.15) is 0 Å². The summed E-state index contributed by atoms with van der Waals surface area (Å²) in [5.74, 6) is 1.86. The minimum Gasteiger partial charge on any atom is -0.496 e. The van der Waals surface area contributed by atoms with E-state index < -0.39 is 0 Å². The third-order valence-electron chi connectivity index (χ3n) is 3.82. The maximum absolute atomic E-state index is 12.5. The van der Waals surface area contributed by atoms with Crippen molar-refractivity contribution >= 4 is 21.7 Å². The molecule has 18 heavy (non-hydrogen) atoms. The molecule has 2 rings (SSSR count). The first-order valence-corrected chi connectivity index (χ1v) is 7.29. The van der Waals surface area contributed by atoms with Gasteiger partial charge in [0.25, 0.3) is 0 Å². The molecule has 0 radical (unpaired) electrons. The fourth-order valence-corrected chi connectivity index (χ4v) is 2.95. The molecule has 0 amide bonds. The average Bonchev–Trinajstić information content (AvgIpc) is 2.38. The lowest BCUT2D eigenvalue weighted by Crippen LogP contribution is -2.21. The molecule has 1 aromatic rings. The highest BCUT2D eigenvalue weighted by Crippen LogP contribution is 2.33. The minimum atomic E-state index is 0.177. The van der Waals surface area contributed by atoms with E-state index in [1.165, 1.54) is 0 Å². The standard InChI is InChI=1S/C15H19BrO2/c1-10-3-5-11(6-4-10)15(17)13-8-7-12(16)9-14(13)18-2/h7-11H,3-6H2,1-2H3. The molecule has 98 valence electrons. The molecular weight excluding hydrogens is 292 g/mol. The Morgan fingerprint density at radius 3 is 2.56 bits per heavy atom. The molecule has 3 heteroatoms. The summed E-state index contributed by atoms with van der Waals surface area (Å²) in [6, 6.07) is 5.63. The first-order valence-electron chi connectivity index (χ1n) is 6.49. The molecule has 1 aliphatic carbocycles. The van der Waals surface area contributed by atoms with Crippen LogP contribution < -0.4 is 4.74 Å². The van der Waals surface area contributed by atoms with Gasteiger partial charge in [-0.05, 0) is 37.0 Å². The Hall–Kier alpha value is -0.830. The highest BCUT2D eigenvalue weighted by atomic mass is 79.9. The molecule has 1 aromatic carbocycles. The first kappa shape index (κ1) is 13.6. The van der Waals surface area contributed by atoms with Crippen LogP contribution >= 0.6 is 15.9 Å². The smallest absolute Gasteiger partial charge is 0.169 e. The largest absolute Gasteiger partial charge is 0.496 e. The molecule has 0 aromatic heterocycles. The van der Waals surface area contributed by atoms with Crippen molar-refractivity contribution in [1.82, 2.24) is 0 Å². The Morgan fingerprint density at radius 1 is 1.28 bits per heavy atom. The van der Waals surface area contributed by atoms with Crippen molar-refractivity contribution in [3.63, 3.8) is 0 Å². The minimum absolute atomic E-state index is 0.177. The number of benzene rings is 1. The Balaban J connectivity index is 2.18. The molecule has 0 aliphatic heterocycles. The van der Waals surface area contributed by atoms with Crippen LogP contribution in [-0.2, 0) is 0 Å². The lowest BCUT2D eigenvalue weighted by Gasteiger charge is -2.25. The normalized spacial score (nSPS) is 23.7. The number of halogens is 1. The molecule has 0 heterocycles. The van der Waals surface area contributed by atoms with Crippen molar-refractivity contribution in [3.8, 4) is 5.75 Å². The van der Waals surface area contributed by atoms with Gasteiger partial charge in [-0.3, -0.25) is 4.79 Å². The van der Waals surface area contributed by atoms with Crippen molar-refractivity contribution in [3.05, 3.63) is 28.2 Å². The lowest BCUT2D eigenvalue weighted by molar-refractivity contribution is 0.0872. The third-order valence-corrected chi connectivity index (χ3v) is 4.31. The van der Waals surface area contributed by atoms with E-state index in [0.29, 0.717) is 5.75 Å². The highest BCUT2D eigenvalue weighted by Gasteiger charge is 2.26. The van der Waals surface area contributed by atoms with Gasteiger partial charge in [0.2, 0.25) is 0 Å². The van der Waals surface area contributed by atoms with E-state index in [2.05, 4.69) is 22.9 Å². The third kappa shape index (κ3) is 2.94. The molecule has 0 saturated heterocycles. The summed E-state index contributed by atoms with van der Waals surface area (Å²) in [5, 5.41) is 0. The predicted octanol–water partition coefficient (Wildman–Crippen LogP) is 4.47. The number of ether oxygens (including phenoxy) is 1. The molecule has 1 aliphatic rings. The van der Waals surface area contributed by atoms with Crippen LogP contribution in [0.3, 0.4) is 0 Å². The molecule has 1 saturated carbocycles. The van der Waals surface area contributed by atoms with Crippen LogP contribution in [0.15, 0.2) is 22.7 Å². The van der Waals surface area contributed by atoms with Crippen LogP contribution in [0.4, 0.5) is 0 Å². The van der Waals surface area contributed by atoms with Crippen molar-refractivity contribution in [2.24, 2.45) is 11.8 Å². The summed E-state index contributed by atoms with van der Waals surface area (Å²) in [6.45, 7) is 2.26. The predicted molar refractivity (Wildman–Crippen MR) is 76.1 cm³/mol. The molecule has 2 nitrogen and oxygen atoms in total. The quantitative estimate of drug-likeness (QED) is 0.770. The molecule has 0 atom stereocenters. The Morgan fingerprint density at radius 2 is 1.94 bits per heavy atom. The Bertz CT molecular complexity index is 434. The summed E-state index contributed by atoms with van der Waals surface area (Å²) in [4.78, 5) is 12.5. The SMILES string of the molecule is COc1cc(Br)ccc1C(=O)C1CCC(C)CC1. The topological polar surface area (TPSA) is 26.3 Å². The van der Waals surface area contributed by atoms with Crippen LogP contribution in [0.25, 0.3) is 0 Å². The molecular formula is C15H19BrO2. The van der Waals surface area contributed by atoms with E-state index >= 15 is 0 Å². The summed E-state index contributed by atoms with van der Waals surface area (Å²) in [7, 11) is 1.61. The van der Waals surface area contributed by atoms with E-state index in [1.54, 1.807) is 7.11 Å². The van der Waals surface area contributed by atoms with Gasteiger partial charge in [0.05, 0.1) is 12.7 Å². The van der Waals surface area contributed by atoms with Crippen molar-refractivity contribution in [2.45, 2.75) is 32.6 Å². The van der Waals surface area contributed by atoms with Crippen molar-refractivity contribution in [2.75, 3.05) is 7.11 Å². The molecule has 0 N–H and O–H groups in total. The Kier molecular flexibility index (Phi) is 4.44. The number of ketones is 1. The number of hydrogen-bond acceptors (Lipinski definition) is 2. The van der Waals surface area contributed by atoms with Crippen LogP contribution in [0.2, 0.25) is 0 Å². The summed E-state index contributed by atoms with van der Waals surface area (Å²) in [5.41, 5.74) is 0.722. The van der Waals surface area contributed by atoms with Crippen LogP contribution in [-0.4, -0.2) is 12.9 Å². The number of hydrogen-bond donors (Lipinski definition) is 0. The van der Waals surface area contributed by atoms with Gasteiger partial charge in [-0.25, -0.2) is 0 Å². The van der Waals surface area contributed by atoms with E-state index in [1.807, 2.05) is 18.2 Å². The second-order valence-corrected chi connectivity index (χ2v) is 6.08. The van der Waals surface area contributed by atoms with Crippen molar-refractivity contribution < 1.29 is 9.53 Å². The zero-order chi connectivity index (χ0) is 13.1.